The molecule has 0 amide bonds. The predicted molar refractivity (Wildman–Crippen MR) is 83.7 cm³/mol. The molecule has 0 saturated carbocycles. The van der Waals surface area contributed by atoms with E-state index < -0.39 is 0 Å². The second-order valence-corrected chi connectivity index (χ2v) is 6.18. The second kappa shape index (κ2) is 5.64. The molecule has 0 unspecified atom stereocenters. The van der Waals surface area contributed by atoms with Crippen molar-refractivity contribution in [3.05, 3.63) is 57.7 Å². The van der Waals surface area contributed by atoms with Crippen molar-refractivity contribution in [2.45, 2.75) is 17.8 Å². The van der Waals surface area contributed by atoms with Crippen LogP contribution < -0.4 is 0 Å². The number of hydrogen-bond donors (Lipinski definition) is 0. The van der Waals surface area contributed by atoms with E-state index in [4.69, 9.17) is 23.2 Å². The van der Waals surface area contributed by atoms with Crippen LogP contribution in [0.4, 0.5) is 0 Å². The molecule has 0 N–H and O–H groups in total. The molecule has 0 spiro atoms. The predicted octanol–water partition coefficient (Wildman–Crippen LogP) is 4.64. The van der Waals surface area contributed by atoms with E-state index >= 15 is 0 Å². The van der Waals surface area contributed by atoms with Crippen molar-refractivity contribution in [3.63, 3.8) is 0 Å². The van der Waals surface area contributed by atoms with Crippen LogP contribution in [0.25, 0.3) is 5.65 Å². The summed E-state index contributed by atoms with van der Waals surface area (Å²) < 4.78 is 1.83. The van der Waals surface area contributed by atoms with Crippen LogP contribution in [0, 0.1) is 6.92 Å². The fourth-order valence-electron chi connectivity index (χ4n) is 1.92. The average molecular weight is 324 g/mol. The maximum Gasteiger partial charge on any atom is 0.196 e. The monoisotopic (exact) mass is 323 g/mol. The van der Waals surface area contributed by atoms with Gasteiger partial charge in [-0.15, -0.1) is 10.2 Å². The highest BCUT2D eigenvalue weighted by Gasteiger charge is 2.10. The molecule has 6 heteroatoms. The summed E-state index contributed by atoms with van der Waals surface area (Å²) in [5.41, 5.74) is 3.18. The van der Waals surface area contributed by atoms with Crippen molar-refractivity contribution in [2.24, 2.45) is 0 Å². The Labute approximate surface area is 130 Å². The summed E-state index contributed by atoms with van der Waals surface area (Å²) in [5.74, 6) is 0.831. The van der Waals surface area contributed by atoms with Gasteiger partial charge in [-0.1, -0.05) is 59.2 Å². The lowest BCUT2D eigenvalue weighted by Gasteiger charge is -2.04. The Morgan fingerprint density at radius 2 is 2.00 bits per heavy atom. The first-order chi connectivity index (χ1) is 9.65. The van der Waals surface area contributed by atoms with Gasteiger partial charge in [-0.25, -0.2) is 0 Å². The van der Waals surface area contributed by atoms with Crippen LogP contribution in [-0.2, 0) is 5.75 Å². The molecule has 1 aromatic carbocycles. The third kappa shape index (κ3) is 2.64. The number of halogens is 2. The lowest BCUT2D eigenvalue weighted by atomic mass is 10.1. The quantitative estimate of drug-likeness (QED) is 0.658. The SMILES string of the molecule is Cc1ccccc1CSc1nnc2c(Cl)cc(Cl)cn12. The van der Waals surface area contributed by atoms with Crippen molar-refractivity contribution in [3.8, 4) is 0 Å². The molecule has 0 atom stereocenters. The third-order valence-corrected chi connectivity index (χ3v) is 4.49. The van der Waals surface area contributed by atoms with Crippen LogP contribution in [-0.4, -0.2) is 14.6 Å². The van der Waals surface area contributed by atoms with Crippen LogP contribution in [0.5, 0.6) is 0 Å². The number of aromatic nitrogens is 3. The zero-order chi connectivity index (χ0) is 14.1. The van der Waals surface area contributed by atoms with E-state index in [1.165, 1.54) is 11.1 Å². The summed E-state index contributed by atoms with van der Waals surface area (Å²) >= 11 is 13.7. The molecule has 0 aliphatic carbocycles. The summed E-state index contributed by atoms with van der Waals surface area (Å²) in [6, 6.07) is 9.97. The largest absolute Gasteiger partial charge is 0.275 e. The maximum atomic E-state index is 6.10. The van der Waals surface area contributed by atoms with Gasteiger partial charge in [0.05, 0.1) is 10.0 Å². The van der Waals surface area contributed by atoms with Crippen molar-refractivity contribution >= 4 is 40.6 Å². The standard InChI is InChI=1S/C14H11Cl2N3S/c1-9-4-2-3-5-10(9)8-20-14-18-17-13-12(16)6-11(15)7-19(13)14/h2-7H,8H2,1H3. The summed E-state index contributed by atoms with van der Waals surface area (Å²) in [6.45, 7) is 2.10. The van der Waals surface area contributed by atoms with Gasteiger partial charge in [0.1, 0.15) is 0 Å². The number of aryl methyl sites for hydroxylation is 1. The minimum Gasteiger partial charge on any atom is -0.275 e. The highest BCUT2D eigenvalue weighted by molar-refractivity contribution is 7.98. The molecule has 3 aromatic rings. The highest BCUT2D eigenvalue weighted by Crippen LogP contribution is 2.27. The lowest BCUT2D eigenvalue weighted by Crippen LogP contribution is -1.90. The molecule has 0 fully saturated rings. The molecule has 0 radical (unpaired) electrons. The number of thioether (sulfide) groups is 1. The fraction of sp³-hybridized carbons (Fsp3) is 0.143. The van der Waals surface area contributed by atoms with Gasteiger partial charge >= 0.3 is 0 Å². The normalized spacial score (nSPS) is 11.2. The zero-order valence-corrected chi connectivity index (χ0v) is 13.0. The van der Waals surface area contributed by atoms with Gasteiger partial charge in [-0.3, -0.25) is 4.40 Å². The van der Waals surface area contributed by atoms with Gasteiger partial charge in [-0.2, -0.15) is 0 Å². The van der Waals surface area contributed by atoms with Crippen molar-refractivity contribution in [1.82, 2.24) is 14.6 Å². The van der Waals surface area contributed by atoms with Crippen LogP contribution >= 0.6 is 35.0 Å². The molecule has 3 nitrogen and oxygen atoms in total. The fourth-order valence-corrected chi connectivity index (χ4v) is 3.41. The van der Waals surface area contributed by atoms with E-state index in [0.717, 1.165) is 10.9 Å². The molecule has 0 aliphatic heterocycles. The summed E-state index contributed by atoms with van der Waals surface area (Å²) in [5, 5.41) is 10.1. The third-order valence-electron chi connectivity index (χ3n) is 3.01. The molecular formula is C14H11Cl2N3S. The second-order valence-electron chi connectivity index (χ2n) is 4.40. The number of fused-ring (bicyclic) bond motifs is 1. The van der Waals surface area contributed by atoms with Crippen LogP contribution in [0.1, 0.15) is 11.1 Å². The number of benzene rings is 1. The van der Waals surface area contributed by atoms with Crippen LogP contribution in [0.3, 0.4) is 0 Å². The van der Waals surface area contributed by atoms with Crippen LogP contribution in [0.2, 0.25) is 10.0 Å². The Balaban J connectivity index is 1.90. The highest BCUT2D eigenvalue weighted by atomic mass is 35.5. The molecule has 102 valence electrons. The number of pyridine rings is 1. The van der Waals surface area contributed by atoms with Gasteiger partial charge in [0, 0.05) is 11.9 Å². The summed E-state index contributed by atoms with van der Waals surface area (Å²) in [6.07, 6.45) is 1.78. The molecule has 20 heavy (non-hydrogen) atoms. The number of hydrogen-bond acceptors (Lipinski definition) is 3. The minimum atomic E-state index is 0.507. The number of nitrogens with zero attached hydrogens (tertiary/aromatic N) is 3. The molecular weight excluding hydrogens is 313 g/mol. The number of rotatable bonds is 3. The van der Waals surface area contributed by atoms with E-state index in [1.54, 1.807) is 24.0 Å². The average Bonchev–Trinajstić information content (AvgIpc) is 2.81. The van der Waals surface area contributed by atoms with E-state index in [-0.39, 0.29) is 0 Å². The van der Waals surface area contributed by atoms with Gasteiger partial charge in [0.15, 0.2) is 10.8 Å². The minimum absolute atomic E-state index is 0.507. The lowest BCUT2D eigenvalue weighted by molar-refractivity contribution is 0.921. The first-order valence-corrected chi connectivity index (χ1v) is 7.76. The van der Waals surface area contributed by atoms with E-state index in [2.05, 4.69) is 29.3 Å². The molecule has 0 saturated heterocycles. The molecule has 3 rings (SSSR count). The molecule has 0 bridgehead atoms. The van der Waals surface area contributed by atoms with Gasteiger partial charge in [0.2, 0.25) is 0 Å². The van der Waals surface area contributed by atoms with E-state index in [0.29, 0.717) is 15.7 Å². The summed E-state index contributed by atoms with van der Waals surface area (Å²) in [4.78, 5) is 0. The topological polar surface area (TPSA) is 30.2 Å². The van der Waals surface area contributed by atoms with Crippen molar-refractivity contribution in [2.75, 3.05) is 0 Å². The van der Waals surface area contributed by atoms with Gasteiger partial charge < -0.3 is 0 Å². The molecule has 2 heterocycles. The smallest absolute Gasteiger partial charge is 0.196 e. The van der Waals surface area contributed by atoms with Gasteiger partial charge in [-0.05, 0) is 24.1 Å². The van der Waals surface area contributed by atoms with Crippen molar-refractivity contribution in [1.29, 1.82) is 0 Å². The Morgan fingerprint density at radius 3 is 2.80 bits per heavy atom. The van der Waals surface area contributed by atoms with Crippen molar-refractivity contribution < 1.29 is 0 Å². The first-order valence-electron chi connectivity index (χ1n) is 6.02. The Hall–Kier alpha value is -1.23. The Kier molecular flexibility index (Phi) is 3.87. The Morgan fingerprint density at radius 1 is 1.20 bits per heavy atom. The van der Waals surface area contributed by atoms with E-state index in [9.17, 15) is 0 Å². The van der Waals surface area contributed by atoms with Crippen LogP contribution in [0.15, 0.2) is 41.7 Å². The summed E-state index contributed by atoms with van der Waals surface area (Å²) in [7, 11) is 0. The first kappa shape index (κ1) is 13.7. The molecule has 0 aliphatic rings. The Bertz CT molecular complexity index is 770. The zero-order valence-electron chi connectivity index (χ0n) is 10.7. The maximum absolute atomic E-state index is 6.10. The van der Waals surface area contributed by atoms with Gasteiger partial charge in [0.25, 0.3) is 0 Å². The molecule has 2 aromatic heterocycles. The van der Waals surface area contributed by atoms with E-state index in [1.807, 2.05) is 16.5 Å².